The van der Waals surface area contributed by atoms with Crippen LogP contribution in [0.3, 0.4) is 0 Å². The number of hydrogen-bond donors (Lipinski definition) is 2. The van der Waals surface area contributed by atoms with Gasteiger partial charge in [-0.25, -0.2) is 8.78 Å². The standard InChI is InChI=1S/C36H40F2N4O5/c1-6-42(7-2)17-8-18-46-33-21-29-27(20-32(33)45-5)30(15-16-39-29)47-31-14-13-26(19-28(31)38)41-35(44)36(22(3)23(36)4)34(43)40-25-11-9-24(37)10-12-25/h9-16,19-23H,6-8,17-18H2,1-5H3,(H,40,43)(H,41,44)/t22-,23-/m1/s1. The largest absolute Gasteiger partial charge is 0.493 e. The summed E-state index contributed by atoms with van der Waals surface area (Å²) < 4.78 is 46.3. The van der Waals surface area contributed by atoms with E-state index in [1.807, 2.05) is 13.8 Å². The molecule has 9 nitrogen and oxygen atoms in total. The molecule has 1 aliphatic carbocycles. The Bertz CT molecular complexity index is 1740. The van der Waals surface area contributed by atoms with Gasteiger partial charge in [-0.15, -0.1) is 0 Å². The summed E-state index contributed by atoms with van der Waals surface area (Å²) in [5.74, 6) is -1.38. The number of nitrogens with zero attached hydrogens (tertiary/aromatic N) is 2. The minimum absolute atomic E-state index is 0.0666. The van der Waals surface area contributed by atoms with E-state index < -0.39 is 28.9 Å². The highest BCUT2D eigenvalue weighted by Crippen LogP contribution is 2.59. The van der Waals surface area contributed by atoms with Crippen LogP contribution < -0.4 is 24.8 Å². The smallest absolute Gasteiger partial charge is 0.240 e. The van der Waals surface area contributed by atoms with Gasteiger partial charge in [0.05, 0.1) is 19.2 Å². The van der Waals surface area contributed by atoms with Crippen molar-refractivity contribution in [3.8, 4) is 23.0 Å². The number of amides is 2. The molecule has 47 heavy (non-hydrogen) atoms. The zero-order chi connectivity index (χ0) is 33.7. The highest BCUT2D eigenvalue weighted by atomic mass is 19.1. The Hall–Kier alpha value is -4.77. The van der Waals surface area contributed by atoms with E-state index in [1.54, 1.807) is 31.5 Å². The van der Waals surface area contributed by atoms with E-state index in [2.05, 4.69) is 34.4 Å². The average Bonchev–Trinajstić information content (AvgIpc) is 3.63. The second-order valence-electron chi connectivity index (χ2n) is 11.7. The van der Waals surface area contributed by atoms with Gasteiger partial charge in [0.15, 0.2) is 23.1 Å². The number of rotatable bonds is 14. The van der Waals surface area contributed by atoms with Gasteiger partial charge >= 0.3 is 0 Å². The fourth-order valence-corrected chi connectivity index (χ4v) is 5.99. The topological polar surface area (TPSA) is 102 Å². The molecule has 0 unspecified atom stereocenters. The number of methoxy groups -OCH3 is 1. The van der Waals surface area contributed by atoms with E-state index in [-0.39, 0.29) is 23.3 Å². The number of carbonyl (C=O) groups is 2. The number of halogens is 2. The number of hydrogen-bond acceptors (Lipinski definition) is 7. The molecule has 4 aromatic rings. The summed E-state index contributed by atoms with van der Waals surface area (Å²) in [6.07, 6.45) is 2.42. The molecule has 11 heteroatoms. The summed E-state index contributed by atoms with van der Waals surface area (Å²) in [6, 6.07) is 14.5. The Kier molecular flexibility index (Phi) is 10.2. The molecule has 2 atom stereocenters. The summed E-state index contributed by atoms with van der Waals surface area (Å²) in [5, 5.41) is 6.01. The first-order valence-corrected chi connectivity index (χ1v) is 15.8. The monoisotopic (exact) mass is 646 g/mol. The number of fused-ring (bicyclic) bond motifs is 1. The van der Waals surface area contributed by atoms with Crippen LogP contribution in [0.15, 0.2) is 66.9 Å². The third kappa shape index (κ3) is 7.00. The van der Waals surface area contributed by atoms with Crippen LogP contribution in [0.2, 0.25) is 0 Å². The van der Waals surface area contributed by atoms with Gasteiger partial charge in [-0.2, -0.15) is 0 Å². The lowest BCUT2D eigenvalue weighted by molar-refractivity contribution is -0.132. The molecule has 0 aliphatic heterocycles. The van der Waals surface area contributed by atoms with Crippen molar-refractivity contribution in [2.24, 2.45) is 17.3 Å². The second kappa shape index (κ2) is 14.3. The zero-order valence-corrected chi connectivity index (χ0v) is 27.2. The van der Waals surface area contributed by atoms with Crippen LogP contribution in [0.25, 0.3) is 10.9 Å². The summed E-state index contributed by atoms with van der Waals surface area (Å²) in [7, 11) is 1.55. The van der Waals surface area contributed by atoms with Crippen LogP contribution in [0.5, 0.6) is 23.0 Å². The van der Waals surface area contributed by atoms with Crippen molar-refractivity contribution in [1.29, 1.82) is 0 Å². The molecule has 248 valence electrons. The van der Waals surface area contributed by atoms with Gasteiger partial charge in [-0.1, -0.05) is 27.7 Å². The van der Waals surface area contributed by atoms with Crippen molar-refractivity contribution in [2.45, 2.75) is 34.1 Å². The molecule has 0 spiro atoms. The molecular formula is C36H40F2N4O5. The van der Waals surface area contributed by atoms with Crippen molar-refractivity contribution in [2.75, 3.05) is 44.0 Å². The summed E-state index contributed by atoms with van der Waals surface area (Å²) in [6.45, 7) is 11.3. The fourth-order valence-electron chi connectivity index (χ4n) is 5.99. The molecule has 1 saturated carbocycles. The van der Waals surface area contributed by atoms with Gasteiger partial charge in [0.2, 0.25) is 11.8 Å². The predicted molar refractivity (Wildman–Crippen MR) is 177 cm³/mol. The van der Waals surface area contributed by atoms with Crippen molar-refractivity contribution < 1.29 is 32.6 Å². The molecule has 2 N–H and O–H groups in total. The maximum atomic E-state index is 15.4. The number of anilines is 2. The molecule has 1 fully saturated rings. The van der Waals surface area contributed by atoms with E-state index in [9.17, 15) is 14.0 Å². The zero-order valence-electron chi connectivity index (χ0n) is 27.2. The van der Waals surface area contributed by atoms with Gasteiger partial charge in [0.1, 0.15) is 17.0 Å². The molecule has 0 radical (unpaired) electrons. The van der Waals surface area contributed by atoms with Crippen LogP contribution in [-0.4, -0.2) is 55.0 Å². The van der Waals surface area contributed by atoms with E-state index >= 15 is 4.39 Å². The van der Waals surface area contributed by atoms with Gasteiger partial charge < -0.3 is 29.7 Å². The van der Waals surface area contributed by atoms with Gasteiger partial charge in [-0.3, -0.25) is 14.6 Å². The quantitative estimate of drug-likeness (QED) is 0.110. The number of aromatic nitrogens is 1. The molecular weight excluding hydrogens is 606 g/mol. The van der Waals surface area contributed by atoms with E-state index in [1.165, 1.54) is 36.4 Å². The Morgan fingerprint density at radius 1 is 0.851 bits per heavy atom. The third-order valence-corrected chi connectivity index (χ3v) is 9.10. The van der Waals surface area contributed by atoms with Crippen molar-refractivity contribution in [1.82, 2.24) is 9.88 Å². The molecule has 5 rings (SSSR count). The highest BCUT2D eigenvalue weighted by Gasteiger charge is 2.69. The lowest BCUT2D eigenvalue weighted by atomic mass is 9.99. The fraction of sp³-hybridized carbons (Fsp3) is 0.361. The first kappa shape index (κ1) is 33.6. The number of benzene rings is 3. The molecule has 3 aromatic carbocycles. The summed E-state index contributed by atoms with van der Waals surface area (Å²) in [5.41, 5.74) is -0.228. The molecule has 2 amide bonds. The number of carbonyl (C=O) groups excluding carboxylic acids is 2. The molecule has 1 aliphatic rings. The van der Waals surface area contributed by atoms with E-state index in [0.717, 1.165) is 32.1 Å². The minimum Gasteiger partial charge on any atom is -0.493 e. The molecule has 1 aromatic heterocycles. The van der Waals surface area contributed by atoms with Crippen LogP contribution in [0, 0.1) is 28.9 Å². The summed E-state index contributed by atoms with van der Waals surface area (Å²) >= 11 is 0. The van der Waals surface area contributed by atoms with Gasteiger partial charge in [0, 0.05) is 41.6 Å². The third-order valence-electron chi connectivity index (χ3n) is 9.10. The van der Waals surface area contributed by atoms with E-state index in [0.29, 0.717) is 40.4 Å². The van der Waals surface area contributed by atoms with Crippen LogP contribution in [-0.2, 0) is 9.59 Å². The number of pyridine rings is 1. The van der Waals surface area contributed by atoms with E-state index in [4.69, 9.17) is 14.2 Å². The van der Waals surface area contributed by atoms with Crippen molar-refractivity contribution in [3.05, 3.63) is 78.5 Å². The summed E-state index contributed by atoms with van der Waals surface area (Å²) in [4.78, 5) is 33.5. The number of nitrogens with one attached hydrogen (secondary N) is 2. The highest BCUT2D eigenvalue weighted by molar-refractivity contribution is 6.17. The maximum Gasteiger partial charge on any atom is 0.240 e. The lowest BCUT2D eigenvalue weighted by Crippen LogP contribution is -2.38. The predicted octanol–water partition coefficient (Wildman–Crippen LogP) is 7.27. The van der Waals surface area contributed by atoms with Crippen LogP contribution in [0.4, 0.5) is 20.2 Å². The minimum atomic E-state index is -1.36. The Morgan fingerprint density at radius 2 is 1.51 bits per heavy atom. The molecule has 0 bridgehead atoms. The SMILES string of the molecule is CCN(CC)CCCOc1cc2nccc(Oc3ccc(NC(=O)C4(C(=O)Nc5ccc(F)cc5)[C@H](C)[C@H]4C)cc3F)c2cc1OC. The van der Waals surface area contributed by atoms with Crippen molar-refractivity contribution in [3.63, 3.8) is 0 Å². The number of ether oxygens (including phenoxy) is 3. The lowest BCUT2D eigenvalue weighted by Gasteiger charge is -2.18. The maximum absolute atomic E-state index is 15.4. The van der Waals surface area contributed by atoms with Gasteiger partial charge in [-0.05, 0) is 79.9 Å². The van der Waals surface area contributed by atoms with Gasteiger partial charge in [0.25, 0.3) is 0 Å². The first-order valence-electron chi connectivity index (χ1n) is 15.8. The second-order valence-corrected chi connectivity index (χ2v) is 11.7. The van der Waals surface area contributed by atoms with Crippen LogP contribution >= 0.6 is 0 Å². The normalized spacial score (nSPS) is 18.6. The average molecular weight is 647 g/mol. The first-order chi connectivity index (χ1) is 22.6. The van der Waals surface area contributed by atoms with Crippen molar-refractivity contribution >= 4 is 34.1 Å². The molecule has 0 saturated heterocycles. The Balaban J connectivity index is 1.29. The Labute approximate surface area is 273 Å². The molecule has 1 heterocycles. The van der Waals surface area contributed by atoms with Crippen LogP contribution in [0.1, 0.15) is 34.1 Å². The Morgan fingerprint density at radius 3 is 2.13 bits per heavy atom.